The topological polar surface area (TPSA) is 84.2 Å². The van der Waals surface area contributed by atoms with E-state index < -0.39 is 10.0 Å². The summed E-state index contributed by atoms with van der Waals surface area (Å²) in [6.45, 7) is 0. The van der Waals surface area contributed by atoms with Crippen LogP contribution < -0.4 is 15.8 Å². The molecule has 0 fully saturated rings. The molecule has 7 heteroatoms. The molecule has 0 aromatic heterocycles. The van der Waals surface area contributed by atoms with Gasteiger partial charge in [-0.1, -0.05) is 17.7 Å². The summed E-state index contributed by atoms with van der Waals surface area (Å²) in [6.07, 6.45) is 0. The number of nitrogen functional groups attached to an aromatic ring is 1. The van der Waals surface area contributed by atoms with E-state index in [0.29, 0.717) is 16.4 Å². The van der Waals surface area contributed by atoms with Crippen molar-refractivity contribution in [1.82, 2.24) is 4.72 Å². The molecular formula is C13H14ClN3O2S. The van der Waals surface area contributed by atoms with Gasteiger partial charge in [-0.25, -0.2) is 13.1 Å². The highest BCUT2D eigenvalue weighted by Crippen LogP contribution is 2.27. The molecule has 0 radical (unpaired) electrons. The molecule has 5 nitrogen and oxygen atoms in total. The van der Waals surface area contributed by atoms with Crippen LogP contribution in [0.25, 0.3) is 0 Å². The largest absolute Gasteiger partial charge is 0.397 e. The molecule has 20 heavy (non-hydrogen) atoms. The van der Waals surface area contributed by atoms with Crippen molar-refractivity contribution in [2.75, 3.05) is 18.1 Å². The van der Waals surface area contributed by atoms with Crippen LogP contribution in [0.15, 0.2) is 47.4 Å². The quantitative estimate of drug-likeness (QED) is 0.758. The summed E-state index contributed by atoms with van der Waals surface area (Å²) in [5.41, 5.74) is 7.59. The van der Waals surface area contributed by atoms with Gasteiger partial charge in [-0.3, -0.25) is 0 Å². The van der Waals surface area contributed by atoms with E-state index in [9.17, 15) is 8.42 Å². The Kier molecular flexibility index (Phi) is 4.17. The van der Waals surface area contributed by atoms with Gasteiger partial charge in [0.15, 0.2) is 0 Å². The molecule has 0 saturated heterocycles. The third kappa shape index (κ3) is 3.22. The summed E-state index contributed by atoms with van der Waals surface area (Å²) in [6, 6.07) is 11.6. The molecule has 2 aromatic rings. The Morgan fingerprint density at radius 2 is 1.90 bits per heavy atom. The summed E-state index contributed by atoms with van der Waals surface area (Å²) in [4.78, 5) is 0.120. The number of sulfonamides is 1. The van der Waals surface area contributed by atoms with Crippen LogP contribution in [-0.4, -0.2) is 15.5 Å². The van der Waals surface area contributed by atoms with Crippen LogP contribution in [0.3, 0.4) is 0 Å². The fraction of sp³-hybridized carbons (Fsp3) is 0.0769. The number of nitrogens with two attached hydrogens (primary N) is 1. The van der Waals surface area contributed by atoms with Crippen molar-refractivity contribution < 1.29 is 8.42 Å². The Morgan fingerprint density at radius 3 is 2.50 bits per heavy atom. The van der Waals surface area contributed by atoms with Gasteiger partial charge in [0.25, 0.3) is 0 Å². The number of rotatable bonds is 4. The predicted octanol–water partition coefficient (Wildman–Crippen LogP) is 2.57. The molecule has 0 bridgehead atoms. The zero-order valence-electron chi connectivity index (χ0n) is 10.7. The second-order valence-electron chi connectivity index (χ2n) is 4.09. The van der Waals surface area contributed by atoms with Gasteiger partial charge in [-0.15, -0.1) is 0 Å². The summed E-state index contributed by atoms with van der Waals surface area (Å²) >= 11 is 5.90. The van der Waals surface area contributed by atoms with E-state index in [1.54, 1.807) is 24.3 Å². The summed E-state index contributed by atoms with van der Waals surface area (Å²) in [5.74, 6) is 0. The van der Waals surface area contributed by atoms with Crippen LogP contribution >= 0.6 is 11.6 Å². The van der Waals surface area contributed by atoms with E-state index in [-0.39, 0.29) is 4.90 Å². The minimum Gasteiger partial charge on any atom is -0.397 e. The van der Waals surface area contributed by atoms with Crippen molar-refractivity contribution in [2.45, 2.75) is 4.90 Å². The van der Waals surface area contributed by atoms with Crippen molar-refractivity contribution in [3.05, 3.63) is 47.5 Å². The SMILES string of the molecule is CNS(=O)(=O)c1ccc(Nc2cccc(Cl)c2)c(N)c1. The molecular weight excluding hydrogens is 298 g/mol. The summed E-state index contributed by atoms with van der Waals surface area (Å²) in [5, 5.41) is 3.68. The van der Waals surface area contributed by atoms with Crippen LogP contribution in [0, 0.1) is 0 Å². The van der Waals surface area contributed by atoms with E-state index in [1.165, 1.54) is 19.2 Å². The molecule has 0 aliphatic rings. The number of halogens is 1. The van der Waals surface area contributed by atoms with Crippen molar-refractivity contribution in [3.8, 4) is 0 Å². The van der Waals surface area contributed by atoms with E-state index >= 15 is 0 Å². The molecule has 2 rings (SSSR count). The van der Waals surface area contributed by atoms with Crippen molar-refractivity contribution in [2.24, 2.45) is 0 Å². The molecule has 0 aliphatic heterocycles. The minimum atomic E-state index is -3.50. The third-order valence-electron chi connectivity index (χ3n) is 2.71. The van der Waals surface area contributed by atoms with Gasteiger partial charge in [-0.2, -0.15) is 0 Å². The maximum atomic E-state index is 11.7. The van der Waals surface area contributed by atoms with Crippen molar-refractivity contribution >= 4 is 38.7 Å². The molecule has 4 N–H and O–H groups in total. The maximum Gasteiger partial charge on any atom is 0.240 e. The lowest BCUT2D eigenvalue weighted by atomic mass is 10.2. The highest BCUT2D eigenvalue weighted by molar-refractivity contribution is 7.89. The lowest BCUT2D eigenvalue weighted by Crippen LogP contribution is -2.18. The highest BCUT2D eigenvalue weighted by atomic mass is 35.5. The van der Waals surface area contributed by atoms with Crippen LogP contribution in [0.2, 0.25) is 5.02 Å². The van der Waals surface area contributed by atoms with Crippen LogP contribution in [-0.2, 0) is 10.0 Å². The van der Waals surface area contributed by atoms with Gasteiger partial charge < -0.3 is 11.1 Å². The second kappa shape index (κ2) is 5.70. The molecule has 0 saturated carbocycles. The Hall–Kier alpha value is -1.76. The Balaban J connectivity index is 2.31. The first-order chi connectivity index (χ1) is 9.42. The second-order valence-corrected chi connectivity index (χ2v) is 6.41. The average Bonchev–Trinajstić information content (AvgIpc) is 2.41. The predicted molar refractivity (Wildman–Crippen MR) is 81.8 cm³/mol. The lowest BCUT2D eigenvalue weighted by molar-refractivity contribution is 0.588. The number of hydrogen-bond acceptors (Lipinski definition) is 4. The standard InChI is InChI=1S/C13H14ClN3O2S/c1-16-20(18,19)11-5-6-13(12(15)8-11)17-10-4-2-3-9(14)7-10/h2-8,16-17H,15H2,1H3. The number of nitrogens with one attached hydrogen (secondary N) is 2. The fourth-order valence-corrected chi connectivity index (χ4v) is 2.62. The van der Waals surface area contributed by atoms with E-state index in [4.69, 9.17) is 17.3 Å². The molecule has 2 aromatic carbocycles. The first kappa shape index (κ1) is 14.6. The monoisotopic (exact) mass is 311 g/mol. The smallest absolute Gasteiger partial charge is 0.240 e. The fourth-order valence-electron chi connectivity index (χ4n) is 1.66. The van der Waals surface area contributed by atoms with Crippen LogP contribution in [0.5, 0.6) is 0 Å². The van der Waals surface area contributed by atoms with Crippen molar-refractivity contribution in [1.29, 1.82) is 0 Å². The normalized spacial score (nSPS) is 11.3. The molecule has 0 heterocycles. The zero-order chi connectivity index (χ0) is 14.8. The average molecular weight is 312 g/mol. The maximum absolute atomic E-state index is 11.7. The van der Waals surface area contributed by atoms with Crippen LogP contribution in [0.4, 0.5) is 17.1 Å². The van der Waals surface area contributed by atoms with Gasteiger partial charge in [0.2, 0.25) is 10.0 Å². The Labute approximate surface area is 122 Å². The Morgan fingerprint density at radius 1 is 1.15 bits per heavy atom. The number of anilines is 3. The summed E-state index contributed by atoms with van der Waals surface area (Å²) in [7, 11) is -2.15. The molecule has 0 amide bonds. The van der Waals surface area contributed by atoms with Gasteiger partial charge >= 0.3 is 0 Å². The first-order valence-electron chi connectivity index (χ1n) is 5.78. The van der Waals surface area contributed by atoms with E-state index in [2.05, 4.69) is 10.0 Å². The van der Waals surface area contributed by atoms with Crippen LogP contribution in [0.1, 0.15) is 0 Å². The summed E-state index contributed by atoms with van der Waals surface area (Å²) < 4.78 is 25.6. The van der Waals surface area contributed by atoms with E-state index in [0.717, 1.165) is 5.69 Å². The molecule has 0 atom stereocenters. The van der Waals surface area contributed by atoms with Gasteiger partial charge in [0, 0.05) is 10.7 Å². The van der Waals surface area contributed by atoms with E-state index in [1.807, 2.05) is 6.07 Å². The zero-order valence-corrected chi connectivity index (χ0v) is 12.3. The molecule has 0 unspecified atom stereocenters. The third-order valence-corrected chi connectivity index (χ3v) is 4.35. The number of hydrogen-bond donors (Lipinski definition) is 3. The number of benzene rings is 2. The van der Waals surface area contributed by atoms with Crippen molar-refractivity contribution in [3.63, 3.8) is 0 Å². The lowest BCUT2D eigenvalue weighted by Gasteiger charge is -2.11. The first-order valence-corrected chi connectivity index (χ1v) is 7.64. The highest BCUT2D eigenvalue weighted by Gasteiger charge is 2.12. The molecule has 106 valence electrons. The van der Waals surface area contributed by atoms with Gasteiger partial charge in [0.05, 0.1) is 16.3 Å². The molecule has 0 spiro atoms. The van der Waals surface area contributed by atoms with Gasteiger partial charge in [0.1, 0.15) is 0 Å². The minimum absolute atomic E-state index is 0.120. The van der Waals surface area contributed by atoms with Gasteiger partial charge in [-0.05, 0) is 43.4 Å². The Bertz CT molecular complexity index is 732. The molecule has 0 aliphatic carbocycles.